The van der Waals surface area contributed by atoms with E-state index in [0.29, 0.717) is 5.92 Å². The van der Waals surface area contributed by atoms with E-state index in [9.17, 15) is 4.79 Å². The molecule has 1 aromatic carbocycles. The molecule has 1 fully saturated rings. The molecule has 0 spiro atoms. The highest BCUT2D eigenvalue weighted by atomic mass is 35.5. The van der Waals surface area contributed by atoms with Crippen molar-refractivity contribution in [1.82, 2.24) is 10.2 Å². The van der Waals surface area contributed by atoms with Crippen molar-refractivity contribution in [1.29, 1.82) is 0 Å². The number of thiophene rings is 1. The van der Waals surface area contributed by atoms with E-state index in [1.165, 1.54) is 0 Å². The van der Waals surface area contributed by atoms with Crippen LogP contribution in [0.15, 0.2) is 30.3 Å². The maximum Gasteiger partial charge on any atom is 0.263 e. The van der Waals surface area contributed by atoms with Crippen LogP contribution in [0.2, 0.25) is 5.02 Å². The molecule has 0 unspecified atom stereocenters. The topological polar surface area (TPSA) is 32.3 Å². The lowest BCUT2D eigenvalue weighted by molar-refractivity contribution is 0.0792. The highest BCUT2D eigenvalue weighted by Crippen LogP contribution is 2.34. The van der Waals surface area contributed by atoms with Crippen LogP contribution in [0.4, 0.5) is 0 Å². The third kappa shape index (κ3) is 3.60. The normalized spacial score (nSPS) is 17.7. The molecule has 5 heteroatoms. The fourth-order valence-electron chi connectivity index (χ4n) is 3.13. The number of likely N-dealkylation sites (tertiary alicyclic amines) is 1. The minimum Gasteiger partial charge on any atom is -0.338 e. The molecule has 1 aromatic heterocycles. The van der Waals surface area contributed by atoms with Crippen LogP contribution in [0.1, 0.15) is 21.7 Å². The SMILES string of the molecule is CNC[C@H]1CCN(C(=O)c2cc(C)c(-c3cccc(Cl)c3)s2)C1. The number of nitrogens with zero attached hydrogens (tertiary/aromatic N) is 1. The van der Waals surface area contributed by atoms with Gasteiger partial charge in [0.05, 0.1) is 4.88 Å². The number of nitrogens with one attached hydrogen (secondary N) is 1. The summed E-state index contributed by atoms with van der Waals surface area (Å²) in [5.74, 6) is 0.724. The Bertz CT molecular complexity index is 713. The first-order valence-corrected chi connectivity index (χ1v) is 9.08. The van der Waals surface area contributed by atoms with Gasteiger partial charge in [-0.25, -0.2) is 0 Å². The molecular formula is C18H21ClN2OS. The summed E-state index contributed by atoms with van der Waals surface area (Å²) in [5.41, 5.74) is 2.21. The van der Waals surface area contributed by atoms with E-state index in [1.807, 2.05) is 42.3 Å². The second-order valence-corrected chi connectivity index (χ2v) is 7.59. The van der Waals surface area contributed by atoms with Gasteiger partial charge in [0, 0.05) is 23.0 Å². The first-order chi connectivity index (χ1) is 11.1. The molecule has 2 heterocycles. The van der Waals surface area contributed by atoms with E-state index in [1.54, 1.807) is 11.3 Å². The molecule has 0 bridgehead atoms. The standard InChI is InChI=1S/C18H21ClN2OS/c1-12-8-16(18(22)21-7-6-13(11-21)10-20-2)23-17(12)14-4-3-5-15(19)9-14/h3-5,8-9,13,20H,6-7,10-11H2,1-2H3/t13-/m1/s1. The van der Waals surface area contributed by atoms with E-state index in [2.05, 4.69) is 12.2 Å². The minimum absolute atomic E-state index is 0.157. The van der Waals surface area contributed by atoms with Crippen LogP contribution in [-0.2, 0) is 0 Å². The van der Waals surface area contributed by atoms with Crippen LogP contribution in [0.3, 0.4) is 0 Å². The third-order valence-electron chi connectivity index (χ3n) is 4.28. The van der Waals surface area contributed by atoms with Gasteiger partial charge in [-0.1, -0.05) is 23.7 Å². The van der Waals surface area contributed by atoms with Gasteiger partial charge in [-0.2, -0.15) is 0 Å². The van der Waals surface area contributed by atoms with Crippen molar-refractivity contribution in [3.8, 4) is 10.4 Å². The van der Waals surface area contributed by atoms with Crippen LogP contribution in [0.5, 0.6) is 0 Å². The van der Waals surface area contributed by atoms with Gasteiger partial charge in [-0.05, 0) is 62.2 Å². The Labute approximate surface area is 146 Å². The smallest absolute Gasteiger partial charge is 0.263 e. The zero-order valence-corrected chi connectivity index (χ0v) is 15.0. The van der Waals surface area contributed by atoms with Crippen LogP contribution in [-0.4, -0.2) is 37.5 Å². The molecule has 1 amide bonds. The average molecular weight is 349 g/mol. The molecule has 1 N–H and O–H groups in total. The first-order valence-electron chi connectivity index (χ1n) is 7.88. The zero-order chi connectivity index (χ0) is 16.4. The molecule has 1 aliphatic rings. The quantitative estimate of drug-likeness (QED) is 0.903. The summed E-state index contributed by atoms with van der Waals surface area (Å²) in [6.07, 6.45) is 1.08. The van der Waals surface area contributed by atoms with Crippen molar-refractivity contribution < 1.29 is 4.79 Å². The number of halogens is 1. The Morgan fingerprint density at radius 2 is 2.26 bits per heavy atom. The molecule has 0 saturated carbocycles. The summed E-state index contributed by atoms with van der Waals surface area (Å²) >= 11 is 7.65. The molecule has 1 saturated heterocycles. The zero-order valence-electron chi connectivity index (χ0n) is 13.4. The first kappa shape index (κ1) is 16.5. The number of rotatable bonds is 4. The summed E-state index contributed by atoms with van der Waals surface area (Å²) in [5, 5.41) is 3.92. The van der Waals surface area contributed by atoms with Gasteiger partial charge >= 0.3 is 0 Å². The summed E-state index contributed by atoms with van der Waals surface area (Å²) in [6, 6.07) is 9.81. The Morgan fingerprint density at radius 1 is 1.43 bits per heavy atom. The number of hydrogen-bond donors (Lipinski definition) is 1. The Morgan fingerprint density at radius 3 is 3.00 bits per heavy atom. The monoisotopic (exact) mass is 348 g/mol. The van der Waals surface area contributed by atoms with Gasteiger partial charge in [0.15, 0.2) is 0 Å². The molecule has 23 heavy (non-hydrogen) atoms. The van der Waals surface area contributed by atoms with Gasteiger partial charge < -0.3 is 10.2 Å². The molecule has 1 aliphatic heterocycles. The van der Waals surface area contributed by atoms with Crippen molar-refractivity contribution in [2.24, 2.45) is 5.92 Å². The second-order valence-electron chi connectivity index (χ2n) is 6.10. The van der Waals surface area contributed by atoms with Crippen molar-refractivity contribution >= 4 is 28.8 Å². The highest BCUT2D eigenvalue weighted by molar-refractivity contribution is 7.17. The van der Waals surface area contributed by atoms with E-state index < -0.39 is 0 Å². The Kier molecular flexibility index (Phi) is 5.05. The van der Waals surface area contributed by atoms with Crippen LogP contribution < -0.4 is 5.32 Å². The highest BCUT2D eigenvalue weighted by Gasteiger charge is 2.27. The molecule has 3 rings (SSSR count). The van der Waals surface area contributed by atoms with Crippen molar-refractivity contribution in [3.05, 3.63) is 45.8 Å². The number of benzene rings is 1. The largest absolute Gasteiger partial charge is 0.338 e. The van der Waals surface area contributed by atoms with E-state index in [-0.39, 0.29) is 5.91 Å². The molecule has 2 aromatic rings. The molecule has 1 atom stereocenters. The molecule has 122 valence electrons. The summed E-state index contributed by atoms with van der Waals surface area (Å²) in [6.45, 7) is 4.73. The number of carbonyl (C=O) groups is 1. The van der Waals surface area contributed by atoms with Crippen LogP contribution >= 0.6 is 22.9 Å². The molecular weight excluding hydrogens is 328 g/mol. The fraction of sp³-hybridized carbons (Fsp3) is 0.389. The van der Waals surface area contributed by atoms with Crippen molar-refractivity contribution in [2.75, 3.05) is 26.7 Å². The number of aryl methyl sites for hydroxylation is 1. The minimum atomic E-state index is 0.157. The van der Waals surface area contributed by atoms with Gasteiger partial charge in [0.1, 0.15) is 0 Å². The van der Waals surface area contributed by atoms with Gasteiger partial charge in [-0.3, -0.25) is 4.79 Å². The number of hydrogen-bond acceptors (Lipinski definition) is 3. The van der Waals surface area contributed by atoms with E-state index in [0.717, 1.165) is 52.0 Å². The van der Waals surface area contributed by atoms with Crippen molar-refractivity contribution in [2.45, 2.75) is 13.3 Å². The van der Waals surface area contributed by atoms with Gasteiger partial charge in [0.25, 0.3) is 5.91 Å². The van der Waals surface area contributed by atoms with E-state index in [4.69, 9.17) is 11.6 Å². The molecule has 0 aliphatic carbocycles. The molecule has 0 radical (unpaired) electrons. The summed E-state index contributed by atoms with van der Waals surface area (Å²) in [4.78, 5) is 16.7. The predicted molar refractivity (Wildman–Crippen MR) is 97.4 cm³/mol. The summed E-state index contributed by atoms with van der Waals surface area (Å²) in [7, 11) is 1.96. The van der Waals surface area contributed by atoms with Crippen LogP contribution in [0, 0.1) is 12.8 Å². The molecule has 3 nitrogen and oxygen atoms in total. The van der Waals surface area contributed by atoms with Crippen molar-refractivity contribution in [3.63, 3.8) is 0 Å². The lowest BCUT2D eigenvalue weighted by Gasteiger charge is -2.15. The Hall–Kier alpha value is -1.36. The Balaban J connectivity index is 1.79. The number of amides is 1. The van der Waals surface area contributed by atoms with Gasteiger partial charge in [-0.15, -0.1) is 11.3 Å². The average Bonchev–Trinajstić information content (AvgIpc) is 3.14. The maximum absolute atomic E-state index is 12.8. The lowest BCUT2D eigenvalue weighted by Crippen LogP contribution is -2.29. The lowest BCUT2D eigenvalue weighted by atomic mass is 10.1. The van der Waals surface area contributed by atoms with E-state index >= 15 is 0 Å². The fourth-order valence-corrected chi connectivity index (χ4v) is 4.46. The number of carbonyl (C=O) groups excluding carboxylic acids is 1. The van der Waals surface area contributed by atoms with Crippen LogP contribution in [0.25, 0.3) is 10.4 Å². The van der Waals surface area contributed by atoms with Gasteiger partial charge in [0.2, 0.25) is 0 Å². The predicted octanol–water partition coefficient (Wildman–Crippen LogP) is 4.06. The summed E-state index contributed by atoms with van der Waals surface area (Å²) < 4.78 is 0. The maximum atomic E-state index is 12.8. The second kappa shape index (κ2) is 7.04. The third-order valence-corrected chi connectivity index (χ3v) is 5.79.